The van der Waals surface area contributed by atoms with Crippen LogP contribution < -0.4 is 10.5 Å². The Hall–Kier alpha value is -1.81. The van der Waals surface area contributed by atoms with E-state index in [1.807, 2.05) is 24.3 Å². The third kappa shape index (κ3) is 2.41. The lowest BCUT2D eigenvalue weighted by molar-refractivity contribution is 0.414. The molecule has 4 nitrogen and oxygen atoms in total. The number of rotatable bonds is 4. The number of nitrogens with one attached hydrogen (secondary N) is 1. The van der Waals surface area contributed by atoms with Crippen LogP contribution in [-0.2, 0) is 13.0 Å². The predicted octanol–water partition coefficient (Wildman–Crippen LogP) is 1.47. The first kappa shape index (κ1) is 10.7. The van der Waals surface area contributed by atoms with Gasteiger partial charge in [-0.3, -0.25) is 0 Å². The van der Waals surface area contributed by atoms with E-state index in [4.69, 9.17) is 10.5 Å². The topological polar surface area (TPSA) is 63.9 Å². The molecule has 0 spiro atoms. The van der Waals surface area contributed by atoms with E-state index < -0.39 is 0 Å². The third-order valence-electron chi connectivity index (χ3n) is 2.41. The molecule has 0 amide bonds. The maximum absolute atomic E-state index is 5.51. The number of benzene rings is 1. The second-order valence-electron chi connectivity index (χ2n) is 3.59. The predicted molar refractivity (Wildman–Crippen MR) is 62.3 cm³/mol. The summed E-state index contributed by atoms with van der Waals surface area (Å²) >= 11 is 0. The van der Waals surface area contributed by atoms with Crippen LogP contribution in [0.3, 0.4) is 0 Å². The molecule has 0 fully saturated rings. The monoisotopic (exact) mass is 217 g/mol. The number of nitrogens with zero attached hydrogens (tertiary/aromatic N) is 1. The minimum absolute atomic E-state index is 0.491. The first-order valence-corrected chi connectivity index (χ1v) is 5.17. The van der Waals surface area contributed by atoms with Gasteiger partial charge in [0, 0.05) is 24.9 Å². The van der Waals surface area contributed by atoms with Gasteiger partial charge in [0.25, 0.3) is 0 Å². The van der Waals surface area contributed by atoms with Crippen molar-refractivity contribution >= 4 is 0 Å². The summed E-state index contributed by atoms with van der Waals surface area (Å²) in [5.74, 6) is 1.79. The smallest absolute Gasteiger partial charge is 0.119 e. The third-order valence-corrected chi connectivity index (χ3v) is 2.41. The van der Waals surface area contributed by atoms with Crippen molar-refractivity contribution in [2.75, 3.05) is 7.11 Å². The highest BCUT2D eigenvalue weighted by atomic mass is 16.5. The summed E-state index contributed by atoms with van der Waals surface area (Å²) in [6.07, 6.45) is 2.53. The van der Waals surface area contributed by atoms with Crippen LogP contribution in [0.25, 0.3) is 0 Å². The molecule has 0 saturated carbocycles. The second kappa shape index (κ2) is 4.81. The van der Waals surface area contributed by atoms with Crippen LogP contribution in [0.15, 0.2) is 30.5 Å². The lowest BCUT2D eigenvalue weighted by Crippen LogP contribution is -1.97. The van der Waals surface area contributed by atoms with E-state index in [0.29, 0.717) is 6.54 Å². The van der Waals surface area contributed by atoms with Crippen molar-refractivity contribution in [1.29, 1.82) is 0 Å². The molecule has 1 aromatic heterocycles. The second-order valence-corrected chi connectivity index (χ2v) is 3.59. The summed E-state index contributed by atoms with van der Waals surface area (Å²) in [6, 6.07) is 7.95. The number of methoxy groups -OCH3 is 1. The standard InChI is InChI=1S/C12H15N3O/c1-16-11-4-2-3-9(5-11)6-12-14-8-10(7-13)15-12/h2-5,8H,6-7,13H2,1H3,(H,14,15). The van der Waals surface area contributed by atoms with Crippen LogP contribution in [0.5, 0.6) is 5.75 Å². The Morgan fingerprint density at radius 3 is 3.00 bits per heavy atom. The highest BCUT2D eigenvalue weighted by molar-refractivity contribution is 5.30. The molecule has 0 aliphatic rings. The molecule has 2 rings (SSSR count). The first-order chi connectivity index (χ1) is 7.81. The minimum atomic E-state index is 0.491. The molecule has 0 aliphatic carbocycles. The van der Waals surface area contributed by atoms with Gasteiger partial charge in [-0.25, -0.2) is 4.98 Å². The van der Waals surface area contributed by atoms with Crippen molar-refractivity contribution in [1.82, 2.24) is 9.97 Å². The van der Waals surface area contributed by atoms with Crippen molar-refractivity contribution in [3.8, 4) is 5.75 Å². The van der Waals surface area contributed by atoms with Crippen molar-refractivity contribution < 1.29 is 4.74 Å². The van der Waals surface area contributed by atoms with Gasteiger partial charge in [-0.1, -0.05) is 12.1 Å². The van der Waals surface area contributed by atoms with E-state index in [2.05, 4.69) is 9.97 Å². The van der Waals surface area contributed by atoms with Crippen molar-refractivity contribution in [3.63, 3.8) is 0 Å². The highest BCUT2D eigenvalue weighted by Gasteiger charge is 2.02. The zero-order chi connectivity index (χ0) is 11.4. The highest BCUT2D eigenvalue weighted by Crippen LogP contribution is 2.14. The summed E-state index contributed by atoms with van der Waals surface area (Å²) in [5, 5.41) is 0. The molecule has 0 saturated heterocycles. The fraction of sp³-hybridized carbons (Fsp3) is 0.250. The molecule has 0 radical (unpaired) electrons. The molecular formula is C12H15N3O. The average molecular weight is 217 g/mol. The van der Waals surface area contributed by atoms with Crippen LogP contribution in [-0.4, -0.2) is 17.1 Å². The van der Waals surface area contributed by atoms with Gasteiger partial charge < -0.3 is 15.5 Å². The average Bonchev–Trinajstić information content (AvgIpc) is 2.77. The molecule has 16 heavy (non-hydrogen) atoms. The van der Waals surface area contributed by atoms with Gasteiger partial charge in [0.05, 0.1) is 7.11 Å². The van der Waals surface area contributed by atoms with Crippen LogP contribution >= 0.6 is 0 Å². The molecule has 4 heteroatoms. The minimum Gasteiger partial charge on any atom is -0.497 e. The first-order valence-electron chi connectivity index (χ1n) is 5.17. The Labute approximate surface area is 94.5 Å². The van der Waals surface area contributed by atoms with Crippen molar-refractivity contribution in [3.05, 3.63) is 47.5 Å². The fourth-order valence-electron chi connectivity index (χ4n) is 1.58. The maximum atomic E-state index is 5.51. The number of hydrogen-bond acceptors (Lipinski definition) is 3. The molecule has 0 unspecified atom stereocenters. The van der Waals surface area contributed by atoms with E-state index in [1.54, 1.807) is 13.3 Å². The van der Waals surface area contributed by atoms with Crippen LogP contribution in [0.4, 0.5) is 0 Å². The van der Waals surface area contributed by atoms with E-state index >= 15 is 0 Å². The fourth-order valence-corrected chi connectivity index (χ4v) is 1.58. The molecule has 2 aromatic rings. The Bertz CT molecular complexity index is 465. The summed E-state index contributed by atoms with van der Waals surface area (Å²) in [6.45, 7) is 0.491. The van der Waals surface area contributed by atoms with Crippen LogP contribution in [0.2, 0.25) is 0 Å². The summed E-state index contributed by atoms with van der Waals surface area (Å²) < 4.78 is 5.17. The molecule has 1 aromatic carbocycles. The molecular weight excluding hydrogens is 202 g/mol. The van der Waals surface area contributed by atoms with E-state index in [0.717, 1.165) is 29.3 Å². The Balaban J connectivity index is 2.13. The zero-order valence-electron chi connectivity index (χ0n) is 9.23. The quantitative estimate of drug-likeness (QED) is 0.815. The summed E-state index contributed by atoms with van der Waals surface area (Å²) in [7, 11) is 1.67. The van der Waals surface area contributed by atoms with Gasteiger partial charge in [-0.2, -0.15) is 0 Å². The number of imidazole rings is 1. The lowest BCUT2D eigenvalue weighted by atomic mass is 10.1. The number of nitrogens with two attached hydrogens (primary N) is 1. The summed E-state index contributed by atoms with van der Waals surface area (Å²) in [4.78, 5) is 7.43. The Morgan fingerprint density at radius 2 is 2.31 bits per heavy atom. The number of aromatic amines is 1. The Kier molecular flexibility index (Phi) is 3.22. The van der Waals surface area contributed by atoms with Gasteiger partial charge in [-0.05, 0) is 17.7 Å². The zero-order valence-corrected chi connectivity index (χ0v) is 9.23. The van der Waals surface area contributed by atoms with E-state index in [-0.39, 0.29) is 0 Å². The summed E-state index contributed by atoms with van der Waals surface area (Å²) in [5.41, 5.74) is 7.63. The SMILES string of the molecule is COc1cccc(Cc2ncc(CN)[nH]2)c1. The molecule has 3 N–H and O–H groups in total. The van der Waals surface area contributed by atoms with E-state index in [9.17, 15) is 0 Å². The van der Waals surface area contributed by atoms with Gasteiger partial charge in [0.15, 0.2) is 0 Å². The molecule has 1 heterocycles. The van der Waals surface area contributed by atoms with Crippen LogP contribution in [0.1, 0.15) is 17.1 Å². The normalized spacial score (nSPS) is 10.4. The lowest BCUT2D eigenvalue weighted by Gasteiger charge is -2.02. The molecule has 0 aliphatic heterocycles. The number of hydrogen-bond donors (Lipinski definition) is 2. The van der Waals surface area contributed by atoms with Crippen molar-refractivity contribution in [2.45, 2.75) is 13.0 Å². The molecule has 0 bridgehead atoms. The Morgan fingerprint density at radius 1 is 1.44 bits per heavy atom. The van der Waals surface area contributed by atoms with Gasteiger partial charge in [0.1, 0.15) is 11.6 Å². The van der Waals surface area contributed by atoms with Gasteiger partial charge in [0.2, 0.25) is 0 Å². The molecule has 84 valence electrons. The van der Waals surface area contributed by atoms with Gasteiger partial charge in [-0.15, -0.1) is 0 Å². The number of aromatic nitrogens is 2. The number of ether oxygens (including phenoxy) is 1. The van der Waals surface area contributed by atoms with E-state index in [1.165, 1.54) is 0 Å². The van der Waals surface area contributed by atoms with Gasteiger partial charge >= 0.3 is 0 Å². The largest absolute Gasteiger partial charge is 0.497 e. The van der Waals surface area contributed by atoms with Crippen molar-refractivity contribution in [2.24, 2.45) is 5.73 Å². The number of H-pyrrole nitrogens is 1. The van der Waals surface area contributed by atoms with Crippen LogP contribution in [0, 0.1) is 0 Å². The molecule has 0 atom stereocenters. The maximum Gasteiger partial charge on any atom is 0.119 e.